The molecule has 4 nitrogen and oxygen atoms in total. The molecule has 2 aromatic rings. The zero-order valence-corrected chi connectivity index (χ0v) is 14.7. The second kappa shape index (κ2) is 10.6. The van der Waals surface area contributed by atoms with E-state index in [1.165, 1.54) is 5.56 Å². The van der Waals surface area contributed by atoms with Crippen molar-refractivity contribution in [3.8, 4) is 11.5 Å². The van der Waals surface area contributed by atoms with Gasteiger partial charge in [0, 0.05) is 17.9 Å². The average molecular weight is 345 g/mol. The first-order chi connectivity index (χ1) is 11.8. The summed E-state index contributed by atoms with van der Waals surface area (Å²) in [5.41, 5.74) is 1.29. The van der Waals surface area contributed by atoms with Crippen molar-refractivity contribution in [2.45, 2.75) is 12.2 Å². The Morgan fingerprint density at radius 3 is 2.50 bits per heavy atom. The summed E-state index contributed by atoms with van der Waals surface area (Å²) in [6.07, 6.45) is 0.520. The van der Waals surface area contributed by atoms with E-state index in [4.69, 9.17) is 9.47 Å². The molecular weight excluding hydrogens is 322 g/mol. The molecule has 0 heterocycles. The van der Waals surface area contributed by atoms with Gasteiger partial charge in [-0.2, -0.15) is 11.8 Å². The third-order valence-electron chi connectivity index (χ3n) is 3.34. The molecule has 0 unspecified atom stereocenters. The summed E-state index contributed by atoms with van der Waals surface area (Å²) < 4.78 is 10.8. The van der Waals surface area contributed by atoms with Gasteiger partial charge in [0.25, 0.3) is 0 Å². The minimum absolute atomic E-state index is 0.0548. The lowest BCUT2D eigenvalue weighted by Crippen LogP contribution is -2.28. The van der Waals surface area contributed by atoms with E-state index in [-0.39, 0.29) is 5.91 Å². The molecule has 1 N–H and O–H groups in total. The van der Waals surface area contributed by atoms with Crippen LogP contribution in [0.3, 0.4) is 0 Å². The Kier molecular flexibility index (Phi) is 8.04. The predicted molar refractivity (Wildman–Crippen MR) is 98.7 cm³/mol. The second-order valence-electron chi connectivity index (χ2n) is 5.14. The highest BCUT2D eigenvalue weighted by Gasteiger charge is 2.04. The first-order valence-corrected chi connectivity index (χ1v) is 9.09. The lowest BCUT2D eigenvalue weighted by molar-refractivity contribution is -0.120. The van der Waals surface area contributed by atoms with Crippen molar-refractivity contribution in [1.82, 2.24) is 5.32 Å². The maximum Gasteiger partial charge on any atom is 0.220 e. The van der Waals surface area contributed by atoms with Gasteiger partial charge in [0.15, 0.2) is 11.5 Å². The Hall–Kier alpha value is -2.14. The number of benzene rings is 2. The molecule has 0 bridgehead atoms. The number of nitrogens with one attached hydrogen (secondary N) is 1. The monoisotopic (exact) mass is 345 g/mol. The van der Waals surface area contributed by atoms with Gasteiger partial charge in [-0.3, -0.25) is 4.79 Å². The highest BCUT2D eigenvalue weighted by molar-refractivity contribution is 7.98. The lowest BCUT2D eigenvalue weighted by Gasteiger charge is -2.10. The first kappa shape index (κ1) is 18.2. The van der Waals surface area contributed by atoms with E-state index in [2.05, 4.69) is 17.4 Å². The van der Waals surface area contributed by atoms with Gasteiger partial charge in [-0.15, -0.1) is 0 Å². The molecule has 0 saturated carbocycles. The molecule has 2 rings (SSSR count). The Morgan fingerprint density at radius 1 is 1.04 bits per heavy atom. The minimum Gasteiger partial charge on any atom is -0.493 e. The van der Waals surface area contributed by atoms with Crippen LogP contribution in [0.25, 0.3) is 0 Å². The molecule has 1 amide bonds. The van der Waals surface area contributed by atoms with Crippen LogP contribution in [0.4, 0.5) is 0 Å². The lowest BCUT2D eigenvalue weighted by atomic mass is 10.2. The largest absolute Gasteiger partial charge is 0.493 e. The SMILES string of the molecule is COc1ccccc1OCCNC(=O)CCSCc1ccccc1. The van der Waals surface area contributed by atoms with Crippen LogP contribution in [0.2, 0.25) is 0 Å². The van der Waals surface area contributed by atoms with Crippen molar-refractivity contribution in [1.29, 1.82) is 0 Å². The van der Waals surface area contributed by atoms with Gasteiger partial charge in [-0.1, -0.05) is 42.5 Å². The molecule has 0 aliphatic rings. The van der Waals surface area contributed by atoms with Gasteiger partial charge in [0.1, 0.15) is 6.61 Å². The van der Waals surface area contributed by atoms with Crippen molar-refractivity contribution < 1.29 is 14.3 Å². The van der Waals surface area contributed by atoms with Gasteiger partial charge in [-0.05, 0) is 17.7 Å². The van der Waals surface area contributed by atoms with E-state index in [9.17, 15) is 4.79 Å². The highest BCUT2D eigenvalue weighted by atomic mass is 32.2. The van der Waals surface area contributed by atoms with E-state index in [1.54, 1.807) is 18.9 Å². The van der Waals surface area contributed by atoms with Crippen LogP contribution in [-0.4, -0.2) is 31.9 Å². The second-order valence-corrected chi connectivity index (χ2v) is 6.24. The summed E-state index contributed by atoms with van der Waals surface area (Å²) in [6, 6.07) is 17.7. The number of thioether (sulfide) groups is 1. The molecule has 0 saturated heterocycles. The zero-order valence-electron chi connectivity index (χ0n) is 13.9. The summed E-state index contributed by atoms with van der Waals surface area (Å²) in [4.78, 5) is 11.8. The van der Waals surface area contributed by atoms with E-state index >= 15 is 0 Å². The van der Waals surface area contributed by atoms with E-state index in [0.717, 1.165) is 11.5 Å². The molecule has 0 aromatic heterocycles. The summed E-state index contributed by atoms with van der Waals surface area (Å²) in [5, 5.41) is 2.87. The summed E-state index contributed by atoms with van der Waals surface area (Å²) in [7, 11) is 1.61. The quantitative estimate of drug-likeness (QED) is 0.670. The van der Waals surface area contributed by atoms with Crippen molar-refractivity contribution in [3.05, 3.63) is 60.2 Å². The van der Waals surface area contributed by atoms with Gasteiger partial charge in [0.05, 0.1) is 13.7 Å². The number of hydrogen-bond donors (Lipinski definition) is 1. The van der Waals surface area contributed by atoms with Crippen molar-refractivity contribution in [3.63, 3.8) is 0 Å². The van der Waals surface area contributed by atoms with Crippen LogP contribution < -0.4 is 14.8 Å². The molecule has 0 atom stereocenters. The Labute approximate surface area is 147 Å². The van der Waals surface area contributed by atoms with E-state index < -0.39 is 0 Å². The molecule has 128 valence electrons. The number of para-hydroxylation sites is 2. The third kappa shape index (κ3) is 6.54. The molecular formula is C19H23NO3S. The van der Waals surface area contributed by atoms with Crippen LogP contribution in [0.1, 0.15) is 12.0 Å². The summed E-state index contributed by atoms with van der Waals surface area (Å²) in [6.45, 7) is 0.906. The normalized spacial score (nSPS) is 10.2. The predicted octanol–water partition coefficient (Wildman–Crippen LogP) is 3.51. The standard InChI is InChI=1S/C19H23NO3S/c1-22-17-9-5-6-10-18(17)23-13-12-20-19(21)11-14-24-15-16-7-3-2-4-8-16/h2-10H,11-15H2,1H3,(H,20,21). The van der Waals surface area contributed by atoms with Gasteiger partial charge in [0.2, 0.25) is 5.91 Å². The number of ether oxygens (including phenoxy) is 2. The molecule has 2 aromatic carbocycles. The number of carbonyl (C=O) groups is 1. The number of hydrogen-bond acceptors (Lipinski definition) is 4. The van der Waals surface area contributed by atoms with Gasteiger partial charge < -0.3 is 14.8 Å². The smallest absolute Gasteiger partial charge is 0.220 e. The van der Waals surface area contributed by atoms with Crippen LogP contribution in [-0.2, 0) is 10.5 Å². The first-order valence-electron chi connectivity index (χ1n) is 7.94. The van der Waals surface area contributed by atoms with Crippen molar-refractivity contribution >= 4 is 17.7 Å². The molecule has 0 spiro atoms. The third-order valence-corrected chi connectivity index (χ3v) is 4.37. The van der Waals surface area contributed by atoms with E-state index in [0.29, 0.717) is 31.1 Å². The minimum atomic E-state index is 0.0548. The molecule has 24 heavy (non-hydrogen) atoms. The number of carbonyl (C=O) groups excluding carboxylic acids is 1. The summed E-state index contributed by atoms with van der Waals surface area (Å²) in [5.74, 6) is 3.19. The van der Waals surface area contributed by atoms with Crippen molar-refractivity contribution in [2.75, 3.05) is 26.0 Å². The molecule has 0 aliphatic heterocycles. The van der Waals surface area contributed by atoms with Gasteiger partial charge >= 0.3 is 0 Å². The fourth-order valence-electron chi connectivity index (χ4n) is 2.11. The molecule has 0 radical (unpaired) electrons. The Morgan fingerprint density at radius 2 is 1.75 bits per heavy atom. The van der Waals surface area contributed by atoms with Crippen LogP contribution in [0.5, 0.6) is 11.5 Å². The Bertz CT molecular complexity index is 619. The van der Waals surface area contributed by atoms with E-state index in [1.807, 2.05) is 42.5 Å². The summed E-state index contributed by atoms with van der Waals surface area (Å²) >= 11 is 1.77. The average Bonchev–Trinajstić information content (AvgIpc) is 2.63. The van der Waals surface area contributed by atoms with Crippen molar-refractivity contribution in [2.24, 2.45) is 0 Å². The number of methoxy groups -OCH3 is 1. The highest BCUT2D eigenvalue weighted by Crippen LogP contribution is 2.25. The van der Waals surface area contributed by atoms with Gasteiger partial charge in [-0.25, -0.2) is 0 Å². The van der Waals surface area contributed by atoms with Crippen LogP contribution in [0.15, 0.2) is 54.6 Å². The number of rotatable bonds is 10. The Balaban J connectivity index is 1.55. The van der Waals surface area contributed by atoms with Crippen LogP contribution >= 0.6 is 11.8 Å². The fourth-order valence-corrected chi connectivity index (χ4v) is 3.01. The maximum atomic E-state index is 11.8. The molecule has 0 fully saturated rings. The molecule has 5 heteroatoms. The topological polar surface area (TPSA) is 47.6 Å². The zero-order chi connectivity index (χ0) is 17.0. The number of amides is 1. The fraction of sp³-hybridized carbons (Fsp3) is 0.316. The van der Waals surface area contributed by atoms with Crippen LogP contribution in [0, 0.1) is 0 Å². The molecule has 0 aliphatic carbocycles. The maximum absolute atomic E-state index is 11.8.